The molecule has 2 aliphatic heterocycles. The maximum Gasteiger partial charge on any atom is 0.194 e. The third-order valence-corrected chi connectivity index (χ3v) is 5.45. The number of methoxy groups -OCH3 is 1. The van der Waals surface area contributed by atoms with Crippen LogP contribution in [0.5, 0.6) is 5.75 Å². The van der Waals surface area contributed by atoms with E-state index in [0.717, 1.165) is 70.2 Å². The van der Waals surface area contributed by atoms with Gasteiger partial charge in [0.05, 0.1) is 33.0 Å². The third kappa shape index (κ3) is 8.36. The molecule has 176 valence electrons. The summed E-state index contributed by atoms with van der Waals surface area (Å²) >= 11 is 0. The topological polar surface area (TPSA) is 58.6 Å². The van der Waals surface area contributed by atoms with Crippen molar-refractivity contribution in [2.45, 2.75) is 32.4 Å². The normalized spacial score (nSPS) is 19.9. The Balaban J connectivity index is 0.00000341. The number of hydrogen-bond donors (Lipinski definition) is 1. The van der Waals surface area contributed by atoms with E-state index in [1.54, 1.807) is 12.1 Å². The number of halogens is 2. The van der Waals surface area contributed by atoms with Crippen LogP contribution >= 0.6 is 24.0 Å². The lowest BCUT2D eigenvalue weighted by Gasteiger charge is -2.36. The Kier molecular flexibility index (Phi) is 11.8. The summed E-state index contributed by atoms with van der Waals surface area (Å²) in [5, 5.41) is 3.38. The van der Waals surface area contributed by atoms with Crippen LogP contribution in [0.15, 0.2) is 23.2 Å². The predicted octanol–water partition coefficient (Wildman–Crippen LogP) is 2.73. The smallest absolute Gasteiger partial charge is 0.194 e. The molecule has 0 saturated carbocycles. The molecule has 3 rings (SSSR count). The first-order valence-corrected chi connectivity index (χ1v) is 11.0. The van der Waals surface area contributed by atoms with Crippen LogP contribution in [0.1, 0.15) is 25.3 Å². The molecule has 0 aromatic heterocycles. The van der Waals surface area contributed by atoms with Gasteiger partial charge in [-0.3, -0.25) is 9.89 Å². The maximum absolute atomic E-state index is 13.9. The summed E-state index contributed by atoms with van der Waals surface area (Å²) in [6, 6.07) is 5.18. The van der Waals surface area contributed by atoms with Crippen LogP contribution in [-0.4, -0.2) is 88.1 Å². The first-order valence-electron chi connectivity index (χ1n) is 11.0. The van der Waals surface area contributed by atoms with Crippen molar-refractivity contribution in [3.8, 4) is 5.75 Å². The molecule has 31 heavy (non-hydrogen) atoms. The van der Waals surface area contributed by atoms with Gasteiger partial charge in [0.15, 0.2) is 17.5 Å². The van der Waals surface area contributed by atoms with E-state index in [0.29, 0.717) is 19.8 Å². The van der Waals surface area contributed by atoms with E-state index < -0.39 is 0 Å². The fourth-order valence-electron chi connectivity index (χ4n) is 3.82. The maximum atomic E-state index is 13.9. The van der Waals surface area contributed by atoms with Gasteiger partial charge in [-0.05, 0) is 37.5 Å². The average molecular weight is 550 g/mol. The zero-order chi connectivity index (χ0) is 21.2. The van der Waals surface area contributed by atoms with Gasteiger partial charge < -0.3 is 24.4 Å². The van der Waals surface area contributed by atoms with Crippen LogP contribution < -0.4 is 10.1 Å². The number of guanidine groups is 1. The van der Waals surface area contributed by atoms with Crippen molar-refractivity contribution >= 4 is 29.9 Å². The van der Waals surface area contributed by atoms with Gasteiger partial charge in [-0.25, -0.2) is 4.39 Å². The molecule has 0 radical (unpaired) electrons. The molecule has 2 heterocycles. The van der Waals surface area contributed by atoms with E-state index in [2.05, 4.69) is 22.0 Å². The summed E-state index contributed by atoms with van der Waals surface area (Å²) in [7, 11) is 1.48. The lowest BCUT2D eigenvalue weighted by atomic mass is 10.2. The van der Waals surface area contributed by atoms with E-state index >= 15 is 0 Å². The van der Waals surface area contributed by atoms with E-state index in [9.17, 15) is 4.39 Å². The van der Waals surface area contributed by atoms with Crippen LogP contribution in [0.3, 0.4) is 0 Å². The van der Waals surface area contributed by atoms with Crippen molar-refractivity contribution in [1.29, 1.82) is 0 Å². The van der Waals surface area contributed by atoms with Gasteiger partial charge in [-0.2, -0.15) is 0 Å². The first-order chi connectivity index (χ1) is 14.7. The lowest BCUT2D eigenvalue weighted by molar-refractivity contribution is 0.0199. The molecule has 1 aromatic rings. The number of piperazine rings is 1. The van der Waals surface area contributed by atoms with Crippen LogP contribution in [0.4, 0.5) is 4.39 Å². The molecule has 1 N–H and O–H groups in total. The number of nitrogens with zero attached hydrogens (tertiary/aromatic N) is 3. The fourth-order valence-corrected chi connectivity index (χ4v) is 3.82. The molecule has 0 bridgehead atoms. The van der Waals surface area contributed by atoms with Gasteiger partial charge in [0.1, 0.15) is 0 Å². The zero-order valence-corrected chi connectivity index (χ0v) is 21.0. The molecular formula is C22H36FIN4O3. The van der Waals surface area contributed by atoms with Crippen LogP contribution in [0.25, 0.3) is 0 Å². The minimum Gasteiger partial charge on any atom is -0.494 e. The summed E-state index contributed by atoms with van der Waals surface area (Å²) < 4.78 is 30.2. The van der Waals surface area contributed by atoms with E-state index in [1.165, 1.54) is 7.11 Å². The molecule has 0 amide bonds. The molecule has 1 unspecified atom stereocenters. The number of rotatable bonds is 9. The van der Waals surface area contributed by atoms with Gasteiger partial charge in [0.25, 0.3) is 0 Å². The van der Waals surface area contributed by atoms with E-state index in [1.807, 2.05) is 6.07 Å². The monoisotopic (exact) mass is 550 g/mol. The minimum absolute atomic E-state index is 0. The molecule has 0 spiro atoms. The van der Waals surface area contributed by atoms with Gasteiger partial charge in [0, 0.05) is 45.9 Å². The highest BCUT2D eigenvalue weighted by Gasteiger charge is 2.20. The van der Waals surface area contributed by atoms with Crippen molar-refractivity contribution in [3.63, 3.8) is 0 Å². The van der Waals surface area contributed by atoms with Gasteiger partial charge in [-0.1, -0.05) is 6.07 Å². The Hall–Kier alpha value is -1.17. The first kappa shape index (κ1) is 26.1. The van der Waals surface area contributed by atoms with E-state index in [4.69, 9.17) is 19.2 Å². The molecule has 9 heteroatoms. The molecular weight excluding hydrogens is 514 g/mol. The molecule has 1 aromatic carbocycles. The Labute approximate surface area is 202 Å². The highest BCUT2D eigenvalue weighted by atomic mass is 127. The second kappa shape index (κ2) is 14.1. The lowest BCUT2D eigenvalue weighted by Crippen LogP contribution is -2.52. The van der Waals surface area contributed by atoms with Crippen LogP contribution in [0.2, 0.25) is 0 Å². The number of hydrogen-bond acceptors (Lipinski definition) is 5. The molecule has 0 aliphatic carbocycles. The largest absolute Gasteiger partial charge is 0.494 e. The fraction of sp³-hybridized carbons (Fsp3) is 0.682. The highest BCUT2D eigenvalue weighted by Crippen LogP contribution is 2.19. The number of benzene rings is 1. The molecule has 2 fully saturated rings. The number of nitrogens with one attached hydrogen (secondary N) is 1. The van der Waals surface area contributed by atoms with Gasteiger partial charge >= 0.3 is 0 Å². The number of aliphatic imine (C=N–C) groups is 1. The van der Waals surface area contributed by atoms with Crippen molar-refractivity contribution in [3.05, 3.63) is 29.6 Å². The van der Waals surface area contributed by atoms with Crippen molar-refractivity contribution in [1.82, 2.24) is 15.1 Å². The summed E-state index contributed by atoms with van der Waals surface area (Å²) in [5.74, 6) is 0.917. The summed E-state index contributed by atoms with van der Waals surface area (Å²) in [6.07, 6.45) is 2.49. The molecule has 2 saturated heterocycles. The molecule has 1 atom stereocenters. The average Bonchev–Trinajstić information content (AvgIpc) is 3.27. The quantitative estimate of drug-likeness (QED) is 0.221. The highest BCUT2D eigenvalue weighted by molar-refractivity contribution is 14.0. The predicted molar refractivity (Wildman–Crippen MR) is 131 cm³/mol. The Morgan fingerprint density at radius 1 is 1.29 bits per heavy atom. The molecule has 2 aliphatic rings. The number of ether oxygens (including phenoxy) is 3. The van der Waals surface area contributed by atoms with E-state index in [-0.39, 0.29) is 41.6 Å². The van der Waals surface area contributed by atoms with Gasteiger partial charge in [0.2, 0.25) is 0 Å². The minimum atomic E-state index is -0.308. The molecule has 7 nitrogen and oxygen atoms in total. The SMILES string of the molecule is CCNC(=NCCOCC1CCCO1)N1CCN(Cc2ccc(OC)c(F)c2)CC1.I. The van der Waals surface area contributed by atoms with Crippen LogP contribution in [0, 0.1) is 5.82 Å². The second-order valence-corrected chi connectivity index (χ2v) is 7.68. The summed E-state index contributed by atoms with van der Waals surface area (Å²) in [4.78, 5) is 9.35. The standard InChI is InChI=1S/C22H35FN4O3.HI/c1-3-24-22(25-8-14-29-17-19-5-4-13-30-19)27-11-9-26(10-12-27)16-18-6-7-21(28-2)20(23)15-18;/h6-7,15,19H,3-5,8-14,16-17H2,1-2H3,(H,24,25);1H. The third-order valence-electron chi connectivity index (χ3n) is 5.45. The Morgan fingerprint density at radius 2 is 2.10 bits per heavy atom. The Morgan fingerprint density at radius 3 is 2.74 bits per heavy atom. The summed E-state index contributed by atoms with van der Waals surface area (Å²) in [6.45, 7) is 10.0. The summed E-state index contributed by atoms with van der Waals surface area (Å²) in [5.41, 5.74) is 0.964. The van der Waals surface area contributed by atoms with Gasteiger partial charge in [-0.15, -0.1) is 24.0 Å². The second-order valence-electron chi connectivity index (χ2n) is 7.68. The zero-order valence-electron chi connectivity index (χ0n) is 18.6. The van der Waals surface area contributed by atoms with Crippen molar-refractivity contribution in [2.24, 2.45) is 4.99 Å². The van der Waals surface area contributed by atoms with Crippen LogP contribution in [-0.2, 0) is 16.0 Å². The van der Waals surface area contributed by atoms with Crippen molar-refractivity contribution in [2.75, 3.05) is 66.2 Å². The van der Waals surface area contributed by atoms with Crippen molar-refractivity contribution < 1.29 is 18.6 Å². The Bertz CT molecular complexity index is 681.